The number of rotatable bonds is 2. The molecule has 2 rings (SSSR count). The summed E-state index contributed by atoms with van der Waals surface area (Å²) in [5.74, 6) is 0. The van der Waals surface area contributed by atoms with Gasteiger partial charge in [-0.3, -0.25) is 0 Å². The van der Waals surface area contributed by atoms with Gasteiger partial charge in [0.2, 0.25) is 0 Å². The Morgan fingerprint density at radius 1 is 1.05 bits per heavy atom. The minimum Gasteiger partial charge on any atom is -0.397 e. The highest BCUT2D eigenvalue weighted by molar-refractivity contribution is 9.10. The molecule has 0 heterocycles. The monoisotopic (exact) mass is 344 g/mol. The number of alkyl halides is 3. The van der Waals surface area contributed by atoms with Gasteiger partial charge in [-0.15, -0.1) is 0 Å². The summed E-state index contributed by atoms with van der Waals surface area (Å²) < 4.78 is 39.0. The van der Waals surface area contributed by atoms with E-state index >= 15 is 0 Å². The molecular formula is C14H12BrF3N2. The molecule has 0 radical (unpaired) electrons. The highest BCUT2D eigenvalue weighted by Crippen LogP contribution is 2.34. The van der Waals surface area contributed by atoms with E-state index in [-0.39, 0.29) is 0 Å². The first-order chi connectivity index (χ1) is 9.27. The number of halogens is 4. The summed E-state index contributed by atoms with van der Waals surface area (Å²) in [6, 6.07) is 8.73. The number of nitrogens with two attached hydrogens (primary N) is 1. The van der Waals surface area contributed by atoms with Gasteiger partial charge in [0.25, 0.3) is 0 Å². The average molecular weight is 345 g/mol. The molecule has 0 saturated heterocycles. The summed E-state index contributed by atoms with van der Waals surface area (Å²) in [6.45, 7) is 1.73. The van der Waals surface area contributed by atoms with Gasteiger partial charge in [-0.05, 0) is 42.8 Å². The molecule has 0 unspecified atom stereocenters. The predicted molar refractivity (Wildman–Crippen MR) is 78.0 cm³/mol. The number of nitrogens with one attached hydrogen (secondary N) is 1. The number of hydrogen-bond donors (Lipinski definition) is 2. The van der Waals surface area contributed by atoms with Crippen LogP contribution in [0.5, 0.6) is 0 Å². The predicted octanol–water partition coefficient (Wildman–Crippen LogP) is 5.10. The van der Waals surface area contributed by atoms with Crippen LogP contribution in [-0.4, -0.2) is 0 Å². The van der Waals surface area contributed by atoms with E-state index in [4.69, 9.17) is 5.73 Å². The second-order valence-electron chi connectivity index (χ2n) is 4.38. The third-order valence-electron chi connectivity index (χ3n) is 2.85. The molecule has 2 aromatic carbocycles. The Bertz CT molecular complexity index is 639. The van der Waals surface area contributed by atoms with Gasteiger partial charge in [-0.2, -0.15) is 13.2 Å². The zero-order valence-electron chi connectivity index (χ0n) is 10.6. The Morgan fingerprint density at radius 3 is 2.40 bits per heavy atom. The molecule has 2 nitrogen and oxygen atoms in total. The minimum atomic E-state index is -4.37. The lowest BCUT2D eigenvalue weighted by Crippen LogP contribution is -2.06. The van der Waals surface area contributed by atoms with Gasteiger partial charge in [0.1, 0.15) is 0 Å². The summed E-state index contributed by atoms with van der Waals surface area (Å²) in [7, 11) is 0. The van der Waals surface area contributed by atoms with Gasteiger partial charge in [-0.25, -0.2) is 0 Å². The van der Waals surface area contributed by atoms with Gasteiger partial charge >= 0.3 is 6.18 Å². The first kappa shape index (κ1) is 14.7. The summed E-state index contributed by atoms with van der Waals surface area (Å²) in [5.41, 5.74) is 7.22. The maximum atomic E-state index is 12.7. The normalized spacial score (nSPS) is 11.4. The van der Waals surface area contributed by atoms with Crippen molar-refractivity contribution >= 4 is 33.0 Å². The number of anilines is 3. The van der Waals surface area contributed by atoms with Crippen molar-refractivity contribution in [1.82, 2.24) is 0 Å². The lowest BCUT2D eigenvalue weighted by atomic mass is 10.1. The zero-order valence-corrected chi connectivity index (χ0v) is 12.1. The Balaban J connectivity index is 2.40. The molecule has 0 aliphatic heterocycles. The van der Waals surface area contributed by atoms with Crippen molar-refractivity contribution in [1.29, 1.82) is 0 Å². The highest BCUT2D eigenvalue weighted by atomic mass is 79.9. The van der Waals surface area contributed by atoms with Gasteiger partial charge in [0, 0.05) is 10.2 Å². The van der Waals surface area contributed by atoms with Crippen molar-refractivity contribution in [2.75, 3.05) is 11.1 Å². The molecule has 0 fully saturated rings. The van der Waals surface area contributed by atoms with E-state index in [1.165, 1.54) is 6.07 Å². The van der Waals surface area contributed by atoms with E-state index < -0.39 is 11.7 Å². The molecule has 106 valence electrons. The van der Waals surface area contributed by atoms with Crippen molar-refractivity contribution in [2.45, 2.75) is 13.1 Å². The number of hydrogen-bond acceptors (Lipinski definition) is 2. The van der Waals surface area contributed by atoms with Gasteiger partial charge in [0.15, 0.2) is 0 Å². The van der Waals surface area contributed by atoms with Crippen molar-refractivity contribution in [3.05, 3.63) is 52.0 Å². The van der Waals surface area contributed by atoms with Crippen molar-refractivity contribution < 1.29 is 13.2 Å². The Morgan fingerprint density at radius 2 is 1.75 bits per heavy atom. The van der Waals surface area contributed by atoms with Crippen LogP contribution < -0.4 is 11.1 Å². The molecule has 0 spiro atoms. The van der Waals surface area contributed by atoms with Gasteiger partial charge in [-0.1, -0.05) is 22.0 Å². The quantitative estimate of drug-likeness (QED) is 0.743. The van der Waals surface area contributed by atoms with Crippen LogP contribution in [0.25, 0.3) is 0 Å². The summed E-state index contributed by atoms with van der Waals surface area (Å²) >= 11 is 3.30. The Hall–Kier alpha value is -1.69. The largest absolute Gasteiger partial charge is 0.416 e. The number of aryl methyl sites for hydroxylation is 1. The number of nitrogen functional groups attached to an aromatic ring is 1. The standard InChI is InChI=1S/C14H12BrF3N2/c1-8-2-3-9(14(16,17)18)6-12(8)20-13-7-10(15)4-5-11(13)19/h2-7,20H,19H2,1H3. The molecule has 20 heavy (non-hydrogen) atoms. The van der Waals surface area contributed by atoms with E-state index in [9.17, 15) is 13.2 Å². The Labute approximate surface area is 122 Å². The van der Waals surface area contributed by atoms with Gasteiger partial charge < -0.3 is 11.1 Å². The Kier molecular flexibility index (Phi) is 3.94. The summed E-state index contributed by atoms with van der Waals surface area (Å²) in [4.78, 5) is 0. The van der Waals surface area contributed by atoms with Crippen molar-refractivity contribution in [2.24, 2.45) is 0 Å². The minimum absolute atomic E-state index is 0.379. The van der Waals surface area contributed by atoms with E-state index in [2.05, 4.69) is 21.2 Å². The molecule has 0 aliphatic carbocycles. The first-order valence-electron chi connectivity index (χ1n) is 5.77. The maximum Gasteiger partial charge on any atom is 0.416 e. The summed E-state index contributed by atoms with van der Waals surface area (Å²) in [6.07, 6.45) is -4.37. The fraction of sp³-hybridized carbons (Fsp3) is 0.143. The summed E-state index contributed by atoms with van der Waals surface area (Å²) in [5, 5.41) is 2.94. The molecule has 0 bridgehead atoms. The van der Waals surface area contributed by atoms with Crippen LogP contribution >= 0.6 is 15.9 Å². The third kappa shape index (κ3) is 3.25. The van der Waals surface area contributed by atoms with Crippen LogP contribution in [0, 0.1) is 6.92 Å². The van der Waals surface area contributed by atoms with E-state index in [0.717, 1.165) is 16.6 Å². The molecule has 3 N–H and O–H groups in total. The fourth-order valence-corrected chi connectivity index (χ4v) is 2.08. The van der Waals surface area contributed by atoms with Crippen LogP contribution in [-0.2, 0) is 6.18 Å². The topological polar surface area (TPSA) is 38.0 Å². The second-order valence-corrected chi connectivity index (χ2v) is 5.30. The van der Waals surface area contributed by atoms with Crippen LogP contribution in [0.4, 0.5) is 30.2 Å². The second kappa shape index (κ2) is 5.36. The lowest BCUT2D eigenvalue weighted by Gasteiger charge is -2.15. The molecule has 0 saturated carbocycles. The van der Waals surface area contributed by atoms with Crippen LogP contribution in [0.15, 0.2) is 40.9 Å². The SMILES string of the molecule is Cc1ccc(C(F)(F)F)cc1Nc1cc(Br)ccc1N. The van der Waals surface area contributed by atoms with Crippen molar-refractivity contribution in [3.63, 3.8) is 0 Å². The van der Waals surface area contributed by atoms with Gasteiger partial charge in [0.05, 0.1) is 16.9 Å². The van der Waals surface area contributed by atoms with E-state index in [0.29, 0.717) is 22.6 Å². The van der Waals surface area contributed by atoms with Crippen LogP contribution in [0.2, 0.25) is 0 Å². The fourth-order valence-electron chi connectivity index (χ4n) is 1.71. The molecular weight excluding hydrogens is 333 g/mol. The molecule has 6 heteroatoms. The maximum absolute atomic E-state index is 12.7. The van der Waals surface area contributed by atoms with E-state index in [1.54, 1.807) is 25.1 Å². The average Bonchev–Trinajstić information content (AvgIpc) is 2.35. The third-order valence-corrected chi connectivity index (χ3v) is 3.34. The van der Waals surface area contributed by atoms with Crippen LogP contribution in [0.3, 0.4) is 0 Å². The molecule has 0 aromatic heterocycles. The first-order valence-corrected chi connectivity index (χ1v) is 6.56. The highest BCUT2D eigenvalue weighted by Gasteiger charge is 2.30. The van der Waals surface area contributed by atoms with E-state index in [1.807, 2.05) is 0 Å². The van der Waals surface area contributed by atoms with Crippen molar-refractivity contribution in [3.8, 4) is 0 Å². The number of benzene rings is 2. The lowest BCUT2D eigenvalue weighted by molar-refractivity contribution is -0.137. The van der Waals surface area contributed by atoms with Crippen LogP contribution in [0.1, 0.15) is 11.1 Å². The zero-order chi connectivity index (χ0) is 14.9. The molecule has 0 amide bonds. The molecule has 0 atom stereocenters. The molecule has 2 aromatic rings. The molecule has 0 aliphatic rings. The smallest absolute Gasteiger partial charge is 0.397 e.